The van der Waals surface area contributed by atoms with Crippen LogP contribution in [-0.2, 0) is 19.6 Å². The van der Waals surface area contributed by atoms with Crippen LogP contribution in [0.15, 0.2) is 84.3 Å². The fraction of sp³-hybridized carbons (Fsp3) is 0.179. The number of aryl methyl sites for hydroxylation is 1. The number of anilines is 1. The third kappa shape index (κ3) is 4.62. The monoisotopic (exact) mass is 547 g/mol. The predicted molar refractivity (Wildman–Crippen MR) is 148 cm³/mol. The Morgan fingerprint density at radius 3 is 2.47 bits per heavy atom. The molecule has 0 radical (unpaired) electrons. The summed E-state index contributed by atoms with van der Waals surface area (Å²) in [5.41, 5.74) is 3.30. The molecule has 1 aliphatic heterocycles. The number of hydrogen-bond acceptors (Lipinski definition) is 7. The Morgan fingerprint density at radius 2 is 1.82 bits per heavy atom. The zero-order valence-corrected chi connectivity index (χ0v) is 22.5. The lowest BCUT2D eigenvalue weighted by Gasteiger charge is -2.25. The second kappa shape index (κ2) is 10.1. The van der Waals surface area contributed by atoms with Gasteiger partial charge in [0.05, 0.1) is 34.3 Å². The van der Waals surface area contributed by atoms with Crippen LogP contribution in [0.25, 0.3) is 20.8 Å². The third-order valence-electron chi connectivity index (χ3n) is 6.36. The lowest BCUT2D eigenvalue weighted by Crippen LogP contribution is -2.45. The summed E-state index contributed by atoms with van der Waals surface area (Å²) in [5.74, 6) is -0.568. The molecule has 194 valence electrons. The highest BCUT2D eigenvalue weighted by atomic mass is 32.2. The molecule has 4 aromatic rings. The Hall–Kier alpha value is -3.86. The van der Waals surface area contributed by atoms with E-state index in [2.05, 4.69) is 17.6 Å². The number of thiazole rings is 1. The van der Waals surface area contributed by atoms with Crippen molar-refractivity contribution in [1.29, 1.82) is 0 Å². The summed E-state index contributed by atoms with van der Waals surface area (Å²) in [6.45, 7) is 5.55. The molecule has 10 heteroatoms. The first-order valence-electron chi connectivity index (χ1n) is 11.8. The number of carbonyl (C=O) groups excluding carboxylic acids is 2. The van der Waals surface area contributed by atoms with Crippen LogP contribution in [-0.4, -0.2) is 49.2 Å². The first-order valence-corrected chi connectivity index (χ1v) is 14.1. The summed E-state index contributed by atoms with van der Waals surface area (Å²) in [6.07, 6.45) is 1.14. The molecule has 2 heterocycles. The van der Waals surface area contributed by atoms with Gasteiger partial charge in [-0.25, -0.2) is 18.3 Å². The molecule has 1 aliphatic rings. The minimum atomic E-state index is -4.09. The molecule has 1 aromatic heterocycles. The Balaban J connectivity index is 1.41. The molecule has 0 bridgehead atoms. The van der Waals surface area contributed by atoms with Crippen molar-refractivity contribution >= 4 is 49.1 Å². The molecule has 1 atom stereocenters. The first kappa shape index (κ1) is 25.8. The quantitative estimate of drug-likeness (QED) is 0.233. The maximum Gasteiger partial charge on any atom is 0.252 e. The average Bonchev–Trinajstić information content (AvgIpc) is 3.46. The van der Waals surface area contributed by atoms with Crippen LogP contribution in [0, 0.1) is 6.92 Å². The van der Waals surface area contributed by atoms with Crippen molar-refractivity contribution in [3.63, 3.8) is 0 Å². The average molecular weight is 548 g/mol. The van der Waals surface area contributed by atoms with Gasteiger partial charge in [0, 0.05) is 12.1 Å². The predicted octanol–water partition coefficient (Wildman–Crippen LogP) is 4.79. The molecule has 0 N–H and O–H groups in total. The summed E-state index contributed by atoms with van der Waals surface area (Å²) < 4.78 is 34.1. The van der Waals surface area contributed by atoms with E-state index in [1.54, 1.807) is 23.5 Å². The number of aromatic nitrogens is 1. The normalized spacial score (nSPS) is 16.0. The number of amides is 2. The Morgan fingerprint density at radius 1 is 1.11 bits per heavy atom. The van der Waals surface area contributed by atoms with Crippen LogP contribution >= 0.6 is 11.3 Å². The number of nitrogens with zero attached hydrogens (tertiary/aromatic N) is 3. The SMILES string of the molecule is C=CCN(C1CC(=O)N(c2ccc(-c3nc4ccc(C)cc4s3)cc2)C1=O)S(=O)(=O)c1ccc(OC)cc1. The van der Waals surface area contributed by atoms with Gasteiger partial charge in [0.15, 0.2) is 0 Å². The highest BCUT2D eigenvalue weighted by Gasteiger charge is 2.46. The molecular weight excluding hydrogens is 522 g/mol. The highest BCUT2D eigenvalue weighted by Crippen LogP contribution is 2.34. The van der Waals surface area contributed by atoms with Crippen molar-refractivity contribution in [3.05, 3.63) is 84.9 Å². The largest absolute Gasteiger partial charge is 0.497 e. The fourth-order valence-corrected chi connectivity index (χ4v) is 7.05. The number of rotatable bonds is 8. The molecular formula is C28H25N3O5S2. The highest BCUT2D eigenvalue weighted by molar-refractivity contribution is 7.89. The number of methoxy groups -OCH3 is 1. The molecule has 3 aromatic carbocycles. The topological polar surface area (TPSA) is 96.9 Å². The van der Waals surface area contributed by atoms with Gasteiger partial charge in [-0.2, -0.15) is 4.31 Å². The van der Waals surface area contributed by atoms with E-state index in [-0.39, 0.29) is 17.9 Å². The summed E-state index contributed by atoms with van der Waals surface area (Å²) in [7, 11) is -2.61. The number of sulfonamides is 1. The Kier molecular flexibility index (Phi) is 6.87. The van der Waals surface area contributed by atoms with Crippen LogP contribution in [0.2, 0.25) is 0 Å². The number of imide groups is 1. The standard InChI is InChI=1S/C28H25N3O5S2/c1-4-15-30(38(34,35)22-12-10-21(36-3)11-13-22)24-17-26(32)31(28(24)33)20-8-6-19(7-9-20)27-29-23-14-5-18(2)16-25(23)37-27/h4-14,16,24H,1,15,17H2,2-3H3. The van der Waals surface area contributed by atoms with Crippen molar-refractivity contribution in [3.8, 4) is 16.3 Å². The van der Waals surface area contributed by atoms with Crippen LogP contribution < -0.4 is 9.64 Å². The molecule has 1 saturated heterocycles. The van der Waals surface area contributed by atoms with Crippen molar-refractivity contribution in [2.45, 2.75) is 24.3 Å². The molecule has 38 heavy (non-hydrogen) atoms. The van der Waals surface area contributed by atoms with E-state index in [0.717, 1.165) is 35.6 Å². The van der Waals surface area contributed by atoms with E-state index in [9.17, 15) is 18.0 Å². The molecule has 0 spiro atoms. The van der Waals surface area contributed by atoms with Crippen molar-refractivity contribution in [2.24, 2.45) is 0 Å². The first-order chi connectivity index (χ1) is 18.2. The van der Waals surface area contributed by atoms with Crippen molar-refractivity contribution < 1.29 is 22.7 Å². The summed E-state index contributed by atoms with van der Waals surface area (Å²) in [4.78, 5) is 32.2. The van der Waals surface area contributed by atoms with E-state index in [1.165, 1.54) is 37.5 Å². The number of carbonyl (C=O) groups is 2. The maximum atomic E-state index is 13.5. The zero-order valence-electron chi connectivity index (χ0n) is 20.8. The third-order valence-corrected chi connectivity index (χ3v) is 9.32. The van der Waals surface area contributed by atoms with Crippen molar-refractivity contribution in [2.75, 3.05) is 18.6 Å². The van der Waals surface area contributed by atoms with Gasteiger partial charge in [0.1, 0.15) is 16.8 Å². The lowest BCUT2D eigenvalue weighted by molar-refractivity contribution is -0.122. The van der Waals surface area contributed by atoms with Gasteiger partial charge in [0.25, 0.3) is 5.91 Å². The van der Waals surface area contributed by atoms with Gasteiger partial charge < -0.3 is 4.74 Å². The van der Waals surface area contributed by atoms with E-state index < -0.39 is 27.9 Å². The van der Waals surface area contributed by atoms with Gasteiger partial charge >= 0.3 is 0 Å². The molecule has 1 unspecified atom stereocenters. The maximum absolute atomic E-state index is 13.5. The van der Waals surface area contributed by atoms with Gasteiger partial charge in [-0.1, -0.05) is 12.1 Å². The second-order valence-electron chi connectivity index (χ2n) is 8.86. The Labute approximate surface area is 224 Å². The van der Waals surface area contributed by atoms with Crippen LogP contribution in [0.1, 0.15) is 12.0 Å². The van der Waals surface area contributed by atoms with Gasteiger partial charge in [-0.15, -0.1) is 17.9 Å². The van der Waals surface area contributed by atoms with Crippen LogP contribution in [0.3, 0.4) is 0 Å². The summed E-state index contributed by atoms with van der Waals surface area (Å²) in [5, 5.41) is 0.830. The lowest BCUT2D eigenvalue weighted by atomic mass is 10.2. The molecule has 0 aliphatic carbocycles. The number of ether oxygens (including phenoxy) is 1. The van der Waals surface area contributed by atoms with Crippen LogP contribution in [0.5, 0.6) is 5.75 Å². The van der Waals surface area contributed by atoms with Gasteiger partial charge in [-0.3, -0.25) is 9.59 Å². The summed E-state index contributed by atoms with van der Waals surface area (Å²) in [6, 6.07) is 17.8. The molecule has 0 saturated carbocycles. The molecule has 5 rings (SSSR count). The van der Waals surface area contributed by atoms with Crippen LogP contribution in [0.4, 0.5) is 5.69 Å². The summed E-state index contributed by atoms with van der Waals surface area (Å²) >= 11 is 1.57. The van der Waals surface area contributed by atoms with E-state index in [4.69, 9.17) is 4.74 Å². The molecule has 8 nitrogen and oxygen atoms in total. The number of fused-ring (bicyclic) bond motifs is 1. The Bertz CT molecular complexity index is 1640. The molecule has 1 fully saturated rings. The van der Waals surface area contributed by atoms with Gasteiger partial charge in [-0.05, 0) is 73.2 Å². The van der Waals surface area contributed by atoms with Crippen molar-refractivity contribution in [1.82, 2.24) is 9.29 Å². The smallest absolute Gasteiger partial charge is 0.252 e. The van der Waals surface area contributed by atoms with E-state index in [1.807, 2.05) is 31.2 Å². The minimum Gasteiger partial charge on any atom is -0.497 e. The zero-order chi connectivity index (χ0) is 27.0. The fourth-order valence-electron chi connectivity index (χ4n) is 4.42. The second-order valence-corrected chi connectivity index (χ2v) is 11.8. The molecule has 2 amide bonds. The van der Waals surface area contributed by atoms with Gasteiger partial charge in [0.2, 0.25) is 15.9 Å². The number of hydrogen-bond donors (Lipinski definition) is 0. The minimum absolute atomic E-state index is 0.00534. The number of benzene rings is 3. The van der Waals surface area contributed by atoms with E-state index >= 15 is 0 Å². The van der Waals surface area contributed by atoms with E-state index in [0.29, 0.717) is 11.4 Å².